The largest absolute Gasteiger partial charge is 0.337 e. The molecule has 2 aromatic rings. The molecule has 18 heavy (non-hydrogen) atoms. The average Bonchev–Trinajstić information content (AvgIpc) is 2.42. The summed E-state index contributed by atoms with van der Waals surface area (Å²) < 4.78 is 13.5. The van der Waals surface area contributed by atoms with E-state index in [0.717, 1.165) is 6.20 Å². The van der Waals surface area contributed by atoms with E-state index < -0.39 is 5.82 Å². The number of nitrogens with zero attached hydrogens (tertiary/aromatic N) is 3. The predicted molar refractivity (Wildman–Crippen MR) is 64.2 cm³/mol. The molecule has 0 atom stereocenters. The zero-order chi connectivity index (χ0) is 13.0. The van der Waals surface area contributed by atoms with Crippen molar-refractivity contribution in [1.29, 1.82) is 5.26 Å². The average molecular weight is 244 g/mol. The van der Waals surface area contributed by atoms with Crippen molar-refractivity contribution in [3.05, 3.63) is 41.8 Å². The van der Waals surface area contributed by atoms with Crippen LogP contribution in [-0.2, 0) is 0 Å². The van der Waals surface area contributed by atoms with Crippen LogP contribution in [0.15, 0.2) is 30.5 Å². The van der Waals surface area contributed by atoms with Crippen LogP contribution in [-0.4, -0.2) is 9.97 Å². The van der Waals surface area contributed by atoms with Crippen molar-refractivity contribution in [2.45, 2.75) is 0 Å². The van der Waals surface area contributed by atoms with E-state index in [1.165, 1.54) is 0 Å². The van der Waals surface area contributed by atoms with Gasteiger partial charge in [0.1, 0.15) is 6.07 Å². The van der Waals surface area contributed by atoms with Crippen LogP contribution in [0.5, 0.6) is 0 Å². The SMILES string of the molecule is N#Cc1ccccc1Nc1nc(NN)ncc1F. The Bertz CT molecular complexity index is 607. The van der Waals surface area contributed by atoms with Crippen molar-refractivity contribution in [1.82, 2.24) is 9.97 Å². The zero-order valence-corrected chi connectivity index (χ0v) is 9.18. The van der Waals surface area contributed by atoms with E-state index in [4.69, 9.17) is 11.1 Å². The Balaban J connectivity index is 2.37. The van der Waals surface area contributed by atoms with Gasteiger partial charge in [-0.3, -0.25) is 5.43 Å². The number of nitrogens with one attached hydrogen (secondary N) is 2. The smallest absolute Gasteiger partial charge is 0.239 e. The maximum Gasteiger partial charge on any atom is 0.239 e. The lowest BCUT2D eigenvalue weighted by atomic mass is 10.2. The second-order valence-corrected chi connectivity index (χ2v) is 3.32. The molecular weight excluding hydrogens is 235 g/mol. The van der Waals surface area contributed by atoms with Gasteiger partial charge in [-0.15, -0.1) is 0 Å². The first-order chi connectivity index (χ1) is 8.74. The van der Waals surface area contributed by atoms with Crippen LogP contribution in [0.4, 0.5) is 21.8 Å². The first kappa shape index (κ1) is 11.8. The lowest BCUT2D eigenvalue weighted by molar-refractivity contribution is 0.619. The number of halogens is 1. The van der Waals surface area contributed by atoms with Crippen molar-refractivity contribution < 1.29 is 4.39 Å². The minimum absolute atomic E-state index is 0.0550. The Morgan fingerprint density at radius 1 is 1.33 bits per heavy atom. The lowest BCUT2D eigenvalue weighted by Crippen LogP contribution is -2.12. The Morgan fingerprint density at radius 3 is 2.83 bits per heavy atom. The Morgan fingerprint density at radius 2 is 2.11 bits per heavy atom. The van der Waals surface area contributed by atoms with Crippen molar-refractivity contribution in [2.75, 3.05) is 10.7 Å². The molecule has 1 heterocycles. The fraction of sp³-hybridized carbons (Fsp3) is 0. The number of nitrogen functional groups attached to an aromatic ring is 1. The van der Waals surface area contributed by atoms with Crippen molar-refractivity contribution in [2.24, 2.45) is 5.84 Å². The van der Waals surface area contributed by atoms with Crippen LogP contribution < -0.4 is 16.6 Å². The molecule has 0 saturated heterocycles. The van der Waals surface area contributed by atoms with Crippen LogP contribution in [0.1, 0.15) is 5.56 Å². The van der Waals surface area contributed by atoms with Crippen LogP contribution >= 0.6 is 0 Å². The summed E-state index contributed by atoms with van der Waals surface area (Å²) in [5.41, 5.74) is 3.06. The molecule has 0 saturated carbocycles. The van der Waals surface area contributed by atoms with Gasteiger partial charge in [0.05, 0.1) is 17.4 Å². The van der Waals surface area contributed by atoms with Gasteiger partial charge in [0, 0.05) is 0 Å². The molecule has 2 rings (SSSR count). The molecular formula is C11H9FN6. The quantitative estimate of drug-likeness (QED) is 0.559. The maximum atomic E-state index is 13.5. The van der Waals surface area contributed by atoms with E-state index in [1.54, 1.807) is 24.3 Å². The third kappa shape index (κ3) is 2.34. The highest BCUT2D eigenvalue weighted by molar-refractivity contribution is 5.64. The Kier molecular flexibility index (Phi) is 3.31. The summed E-state index contributed by atoms with van der Waals surface area (Å²) in [6.45, 7) is 0. The zero-order valence-electron chi connectivity index (χ0n) is 9.18. The fourth-order valence-corrected chi connectivity index (χ4v) is 1.34. The fourth-order valence-electron chi connectivity index (χ4n) is 1.34. The van der Waals surface area contributed by atoms with Gasteiger partial charge in [-0.25, -0.2) is 15.2 Å². The molecule has 0 aliphatic rings. The van der Waals surface area contributed by atoms with Crippen LogP contribution in [0.2, 0.25) is 0 Å². The van der Waals surface area contributed by atoms with E-state index >= 15 is 0 Å². The first-order valence-corrected chi connectivity index (χ1v) is 5.00. The summed E-state index contributed by atoms with van der Waals surface area (Å²) in [6, 6.07) is 8.70. The second-order valence-electron chi connectivity index (χ2n) is 3.32. The number of hydrazine groups is 1. The number of nitriles is 1. The highest BCUT2D eigenvalue weighted by Gasteiger charge is 2.08. The summed E-state index contributed by atoms with van der Waals surface area (Å²) in [7, 11) is 0. The number of aromatic nitrogens is 2. The molecule has 0 spiro atoms. The standard InChI is InChI=1S/C11H9FN6/c12-8-6-15-11(18-14)17-10(8)16-9-4-2-1-3-7(9)5-13/h1-4,6H,14H2,(H2,15,16,17,18). The molecule has 90 valence electrons. The van der Waals surface area contributed by atoms with E-state index in [9.17, 15) is 4.39 Å². The van der Waals surface area contributed by atoms with Crippen LogP contribution in [0.3, 0.4) is 0 Å². The molecule has 0 aliphatic carbocycles. The van der Waals surface area contributed by atoms with Gasteiger partial charge in [-0.1, -0.05) is 12.1 Å². The van der Waals surface area contributed by atoms with Crippen molar-refractivity contribution in [3.8, 4) is 6.07 Å². The summed E-state index contributed by atoms with van der Waals surface area (Å²) >= 11 is 0. The first-order valence-electron chi connectivity index (χ1n) is 5.00. The maximum absolute atomic E-state index is 13.5. The molecule has 4 N–H and O–H groups in total. The van der Waals surface area contributed by atoms with E-state index in [0.29, 0.717) is 11.3 Å². The number of para-hydroxylation sites is 1. The van der Waals surface area contributed by atoms with Crippen molar-refractivity contribution in [3.63, 3.8) is 0 Å². The summed E-state index contributed by atoms with van der Waals surface area (Å²) in [5, 5.41) is 11.6. The van der Waals surface area contributed by atoms with Gasteiger partial charge < -0.3 is 5.32 Å². The predicted octanol–water partition coefficient (Wildman–Crippen LogP) is 1.52. The van der Waals surface area contributed by atoms with Gasteiger partial charge in [0.25, 0.3) is 0 Å². The van der Waals surface area contributed by atoms with Gasteiger partial charge in [0.2, 0.25) is 5.95 Å². The van der Waals surface area contributed by atoms with Crippen molar-refractivity contribution >= 4 is 17.5 Å². The van der Waals surface area contributed by atoms with E-state index in [-0.39, 0.29) is 11.8 Å². The minimum atomic E-state index is -0.637. The molecule has 1 aromatic heterocycles. The molecule has 0 radical (unpaired) electrons. The highest BCUT2D eigenvalue weighted by atomic mass is 19.1. The molecule has 6 nitrogen and oxygen atoms in total. The molecule has 1 aromatic carbocycles. The topological polar surface area (TPSA) is 99.7 Å². The number of hydrogen-bond donors (Lipinski definition) is 3. The Labute approximate surface area is 102 Å². The molecule has 7 heteroatoms. The number of nitrogens with two attached hydrogens (primary N) is 1. The number of anilines is 3. The molecule has 0 bridgehead atoms. The molecule has 0 fully saturated rings. The van der Waals surface area contributed by atoms with Crippen LogP contribution in [0, 0.1) is 17.1 Å². The molecule has 0 unspecified atom stereocenters. The lowest BCUT2D eigenvalue weighted by Gasteiger charge is -2.08. The Hall–Kier alpha value is -2.72. The summed E-state index contributed by atoms with van der Waals surface area (Å²) in [6.07, 6.45) is 0.986. The van der Waals surface area contributed by atoms with Gasteiger partial charge in [0.15, 0.2) is 11.6 Å². The third-order valence-corrected chi connectivity index (χ3v) is 2.17. The summed E-state index contributed by atoms with van der Waals surface area (Å²) in [5.74, 6) is 4.53. The normalized spacial score (nSPS) is 9.61. The van der Waals surface area contributed by atoms with E-state index in [1.807, 2.05) is 6.07 Å². The second kappa shape index (κ2) is 5.07. The van der Waals surface area contributed by atoms with Gasteiger partial charge >= 0.3 is 0 Å². The number of benzene rings is 1. The third-order valence-electron chi connectivity index (χ3n) is 2.17. The van der Waals surface area contributed by atoms with E-state index in [2.05, 4.69) is 20.7 Å². The molecule has 0 aliphatic heterocycles. The summed E-state index contributed by atoms with van der Waals surface area (Å²) in [4.78, 5) is 7.43. The van der Waals surface area contributed by atoms with Crippen LogP contribution in [0.25, 0.3) is 0 Å². The highest BCUT2D eigenvalue weighted by Crippen LogP contribution is 2.21. The number of hydrogen-bond acceptors (Lipinski definition) is 6. The van der Waals surface area contributed by atoms with Gasteiger partial charge in [-0.05, 0) is 12.1 Å². The monoisotopic (exact) mass is 244 g/mol. The van der Waals surface area contributed by atoms with Gasteiger partial charge in [-0.2, -0.15) is 10.2 Å². The molecule has 0 amide bonds. The number of rotatable bonds is 3. The minimum Gasteiger partial charge on any atom is -0.337 e.